The minimum Gasteiger partial charge on any atom is -0.352 e. The minimum absolute atomic E-state index is 0.0000177. The van der Waals surface area contributed by atoms with E-state index in [2.05, 4.69) is 15.4 Å². The summed E-state index contributed by atoms with van der Waals surface area (Å²) >= 11 is 0. The van der Waals surface area contributed by atoms with E-state index in [0.717, 1.165) is 22.9 Å². The molecule has 1 aliphatic heterocycles. The van der Waals surface area contributed by atoms with Gasteiger partial charge in [0.2, 0.25) is 11.8 Å². The summed E-state index contributed by atoms with van der Waals surface area (Å²) in [6.07, 6.45) is 6.59. The van der Waals surface area contributed by atoms with Gasteiger partial charge in [-0.05, 0) is 30.2 Å². The van der Waals surface area contributed by atoms with Crippen molar-refractivity contribution in [1.82, 2.24) is 25.0 Å². The second kappa shape index (κ2) is 7.57. The maximum absolute atomic E-state index is 13.0. The topological polar surface area (TPSA) is 80.1 Å². The van der Waals surface area contributed by atoms with Gasteiger partial charge in [0.25, 0.3) is 0 Å². The monoisotopic (exact) mass is 363 g/mol. The fourth-order valence-corrected chi connectivity index (χ4v) is 3.38. The lowest BCUT2D eigenvalue weighted by Gasteiger charge is -2.26. The molecule has 1 saturated heterocycles. The van der Waals surface area contributed by atoms with Crippen LogP contribution in [-0.2, 0) is 22.7 Å². The van der Waals surface area contributed by atoms with Crippen molar-refractivity contribution in [2.45, 2.75) is 32.0 Å². The third-order valence-electron chi connectivity index (χ3n) is 4.76. The first-order valence-corrected chi connectivity index (χ1v) is 9.05. The molecule has 4 rings (SSSR count). The van der Waals surface area contributed by atoms with Crippen molar-refractivity contribution in [1.29, 1.82) is 0 Å². The van der Waals surface area contributed by atoms with Gasteiger partial charge in [-0.1, -0.05) is 18.2 Å². The van der Waals surface area contributed by atoms with Gasteiger partial charge in [-0.15, -0.1) is 0 Å². The number of benzene rings is 1. The number of carbonyl (C=O) groups is 2. The minimum atomic E-state index is -0.0271. The van der Waals surface area contributed by atoms with Crippen LogP contribution in [0.15, 0.2) is 55.0 Å². The molecule has 2 aromatic heterocycles. The first kappa shape index (κ1) is 17.2. The molecule has 1 N–H and O–H groups in total. The Kier molecular flexibility index (Phi) is 4.82. The van der Waals surface area contributed by atoms with Crippen LogP contribution in [0.25, 0.3) is 10.9 Å². The maximum atomic E-state index is 13.0. The predicted molar refractivity (Wildman–Crippen MR) is 101 cm³/mol. The molecule has 1 fully saturated rings. The van der Waals surface area contributed by atoms with Crippen LogP contribution in [0.2, 0.25) is 0 Å². The van der Waals surface area contributed by atoms with Crippen LogP contribution in [0.4, 0.5) is 0 Å². The fraction of sp³-hybridized carbons (Fsp3) is 0.300. The number of carbonyl (C=O) groups excluding carboxylic acids is 2. The van der Waals surface area contributed by atoms with Crippen molar-refractivity contribution in [3.05, 3.63) is 60.6 Å². The largest absolute Gasteiger partial charge is 0.352 e. The molecule has 7 heteroatoms. The van der Waals surface area contributed by atoms with Crippen LogP contribution < -0.4 is 5.32 Å². The van der Waals surface area contributed by atoms with E-state index in [9.17, 15) is 9.59 Å². The number of hydrogen-bond donors (Lipinski definition) is 1. The number of nitrogens with zero attached hydrogens (tertiary/aromatic N) is 4. The number of hydrogen-bond acceptors (Lipinski definition) is 4. The Morgan fingerprint density at radius 2 is 2.04 bits per heavy atom. The van der Waals surface area contributed by atoms with Gasteiger partial charge in [0.1, 0.15) is 6.54 Å². The van der Waals surface area contributed by atoms with Crippen molar-refractivity contribution >= 4 is 22.7 Å². The molecule has 3 heterocycles. The molecule has 1 atom stereocenters. The summed E-state index contributed by atoms with van der Waals surface area (Å²) in [6.45, 7) is 1.14. The van der Waals surface area contributed by atoms with E-state index in [-0.39, 0.29) is 24.4 Å². The van der Waals surface area contributed by atoms with E-state index in [1.807, 2.05) is 42.6 Å². The molecule has 1 aliphatic rings. The molecule has 1 aromatic carbocycles. The Hall–Kier alpha value is -3.22. The summed E-state index contributed by atoms with van der Waals surface area (Å²) in [7, 11) is 0. The zero-order valence-corrected chi connectivity index (χ0v) is 14.9. The summed E-state index contributed by atoms with van der Waals surface area (Å²) in [6, 6.07) is 11.6. The highest BCUT2D eigenvalue weighted by Gasteiger charge is 2.25. The lowest BCUT2D eigenvalue weighted by atomic mass is 10.2. The smallest absolute Gasteiger partial charge is 0.244 e. The second-order valence-corrected chi connectivity index (χ2v) is 6.82. The number of rotatable bonds is 6. The summed E-state index contributed by atoms with van der Waals surface area (Å²) in [5, 5.41) is 8.43. The van der Waals surface area contributed by atoms with Crippen LogP contribution in [0.5, 0.6) is 0 Å². The van der Waals surface area contributed by atoms with Gasteiger partial charge < -0.3 is 10.2 Å². The van der Waals surface area contributed by atoms with Gasteiger partial charge in [0.15, 0.2) is 0 Å². The van der Waals surface area contributed by atoms with Crippen molar-refractivity contribution in [2.75, 3.05) is 6.54 Å². The first-order valence-electron chi connectivity index (χ1n) is 9.05. The van der Waals surface area contributed by atoms with Gasteiger partial charge in [-0.25, -0.2) is 0 Å². The van der Waals surface area contributed by atoms with E-state index >= 15 is 0 Å². The van der Waals surface area contributed by atoms with Gasteiger partial charge in [-0.3, -0.25) is 19.3 Å². The summed E-state index contributed by atoms with van der Waals surface area (Å²) in [5.74, 6) is 0.0235. The maximum Gasteiger partial charge on any atom is 0.244 e. The molecule has 27 heavy (non-hydrogen) atoms. The van der Waals surface area contributed by atoms with Crippen LogP contribution in [0, 0.1) is 0 Å². The average molecular weight is 363 g/mol. The molecule has 0 radical (unpaired) electrons. The van der Waals surface area contributed by atoms with Gasteiger partial charge >= 0.3 is 0 Å². The van der Waals surface area contributed by atoms with Crippen LogP contribution in [0.1, 0.15) is 18.4 Å². The summed E-state index contributed by atoms with van der Waals surface area (Å²) in [4.78, 5) is 30.3. The van der Waals surface area contributed by atoms with Gasteiger partial charge in [0, 0.05) is 49.5 Å². The molecular weight excluding hydrogens is 342 g/mol. The number of amides is 2. The van der Waals surface area contributed by atoms with Crippen LogP contribution >= 0.6 is 0 Å². The third-order valence-corrected chi connectivity index (χ3v) is 4.76. The van der Waals surface area contributed by atoms with Crippen LogP contribution in [-0.4, -0.2) is 44.1 Å². The van der Waals surface area contributed by atoms with Crippen molar-refractivity contribution < 1.29 is 9.59 Å². The highest BCUT2D eigenvalue weighted by Crippen LogP contribution is 2.14. The van der Waals surface area contributed by atoms with E-state index in [1.54, 1.807) is 22.0 Å². The Bertz CT molecular complexity index is 920. The number of aromatic nitrogens is 3. The Morgan fingerprint density at radius 3 is 2.78 bits per heavy atom. The molecule has 0 bridgehead atoms. The van der Waals surface area contributed by atoms with Gasteiger partial charge in [0.05, 0.1) is 5.52 Å². The molecule has 7 nitrogen and oxygen atoms in total. The quantitative estimate of drug-likeness (QED) is 0.723. The zero-order chi connectivity index (χ0) is 18.6. The molecule has 138 valence electrons. The van der Waals surface area contributed by atoms with Crippen molar-refractivity contribution in [3.8, 4) is 0 Å². The Balaban J connectivity index is 1.50. The highest BCUT2D eigenvalue weighted by molar-refractivity contribution is 5.80. The van der Waals surface area contributed by atoms with Crippen molar-refractivity contribution in [3.63, 3.8) is 0 Å². The molecule has 0 aliphatic carbocycles. The molecule has 1 unspecified atom stereocenters. The lowest BCUT2D eigenvalue weighted by Crippen LogP contribution is -2.42. The highest BCUT2D eigenvalue weighted by atomic mass is 16.2. The zero-order valence-electron chi connectivity index (χ0n) is 14.9. The molecular formula is C20H21N5O2. The standard InChI is InChI=1S/C20H21N5O2/c26-19-6-5-17(22-19)13-24(11-15-7-9-21-10-8-15)20(27)14-25-12-16-3-1-2-4-18(16)23-25/h1-4,7-10,12,17H,5-6,11,13-14H2,(H,22,26). The fourth-order valence-electron chi connectivity index (χ4n) is 3.38. The average Bonchev–Trinajstić information content (AvgIpc) is 3.27. The van der Waals surface area contributed by atoms with Crippen LogP contribution in [0.3, 0.4) is 0 Å². The SMILES string of the molecule is O=C1CCC(CN(Cc2ccncc2)C(=O)Cn2cc3ccccc3n2)N1. The Labute approximate surface area is 157 Å². The Morgan fingerprint density at radius 1 is 1.22 bits per heavy atom. The normalized spacial score (nSPS) is 16.4. The lowest BCUT2D eigenvalue weighted by molar-refractivity contribution is -0.133. The molecule has 0 spiro atoms. The van der Waals surface area contributed by atoms with E-state index in [0.29, 0.717) is 19.5 Å². The number of nitrogens with one attached hydrogen (secondary N) is 1. The molecule has 3 aromatic rings. The number of fused-ring (bicyclic) bond motifs is 1. The van der Waals surface area contributed by atoms with E-state index < -0.39 is 0 Å². The van der Waals surface area contributed by atoms with Gasteiger partial charge in [-0.2, -0.15) is 5.10 Å². The molecule has 2 amide bonds. The first-order chi connectivity index (χ1) is 13.2. The number of pyridine rings is 1. The summed E-state index contributed by atoms with van der Waals surface area (Å²) < 4.78 is 1.68. The van der Waals surface area contributed by atoms with E-state index in [1.165, 1.54) is 0 Å². The predicted octanol–water partition coefficient (Wildman–Crippen LogP) is 1.74. The van der Waals surface area contributed by atoms with E-state index in [4.69, 9.17) is 0 Å². The third kappa shape index (κ3) is 4.13. The summed E-state index contributed by atoms with van der Waals surface area (Å²) in [5.41, 5.74) is 1.88. The second-order valence-electron chi connectivity index (χ2n) is 6.82. The molecule has 0 saturated carbocycles. The van der Waals surface area contributed by atoms with Crippen molar-refractivity contribution in [2.24, 2.45) is 0 Å².